The summed E-state index contributed by atoms with van der Waals surface area (Å²) >= 11 is 1.87. The van der Waals surface area contributed by atoms with E-state index < -0.39 is 0 Å². The summed E-state index contributed by atoms with van der Waals surface area (Å²) in [5.74, 6) is 1.93. The van der Waals surface area contributed by atoms with Crippen LogP contribution in [0.5, 0.6) is 0 Å². The molecule has 11 aromatic rings. The fourth-order valence-corrected chi connectivity index (χ4v) is 9.28. The molecule has 0 spiro atoms. The maximum Gasteiger partial charge on any atom is 0.164 e. The predicted octanol–water partition coefficient (Wildman–Crippen LogP) is 13.7. The van der Waals surface area contributed by atoms with Crippen molar-refractivity contribution in [2.45, 2.75) is 0 Å². The molecule has 3 heterocycles. The highest BCUT2D eigenvalue weighted by Gasteiger charge is 2.18. The molecule has 8 aromatic carbocycles. The molecule has 0 aliphatic carbocycles. The van der Waals surface area contributed by atoms with Crippen molar-refractivity contribution in [3.05, 3.63) is 194 Å². The molecule has 0 amide bonds. The van der Waals surface area contributed by atoms with Crippen molar-refractivity contribution in [1.82, 2.24) is 19.5 Å². The monoisotopic (exact) mass is 732 g/mol. The lowest BCUT2D eigenvalue weighted by Crippen LogP contribution is -2.01. The van der Waals surface area contributed by atoms with Crippen molar-refractivity contribution >= 4 is 53.3 Å². The number of hydrogen-bond donors (Lipinski definition) is 0. The fourth-order valence-electron chi connectivity index (χ4n) is 8.04. The molecule has 0 aliphatic rings. The van der Waals surface area contributed by atoms with Crippen LogP contribution in [0.2, 0.25) is 0 Å². The van der Waals surface area contributed by atoms with E-state index in [4.69, 9.17) is 15.0 Å². The number of nitrogens with zero attached hydrogens (tertiary/aromatic N) is 4. The highest BCUT2D eigenvalue weighted by Crippen LogP contribution is 2.42. The molecule has 0 fully saturated rings. The molecule has 0 bridgehead atoms. The molecule has 0 radical (unpaired) electrons. The molecule has 11 rings (SSSR count). The van der Waals surface area contributed by atoms with E-state index in [0.29, 0.717) is 17.5 Å². The molecule has 5 heteroatoms. The van der Waals surface area contributed by atoms with Gasteiger partial charge in [0.25, 0.3) is 0 Å². The second-order valence-corrected chi connectivity index (χ2v) is 15.0. The molecule has 56 heavy (non-hydrogen) atoms. The van der Waals surface area contributed by atoms with Gasteiger partial charge in [0, 0.05) is 53.3 Å². The van der Waals surface area contributed by atoms with E-state index in [1.807, 2.05) is 72.0 Å². The summed E-state index contributed by atoms with van der Waals surface area (Å²) in [4.78, 5) is 15.0. The number of aromatic nitrogens is 4. The first-order valence-corrected chi connectivity index (χ1v) is 19.6. The zero-order chi connectivity index (χ0) is 37.0. The molecule has 0 N–H and O–H groups in total. The second kappa shape index (κ2) is 13.3. The van der Waals surface area contributed by atoms with Gasteiger partial charge >= 0.3 is 0 Å². The Hall–Kier alpha value is -7.21. The third kappa shape index (κ3) is 5.40. The van der Waals surface area contributed by atoms with Gasteiger partial charge in [-0.3, -0.25) is 0 Å². The van der Waals surface area contributed by atoms with Gasteiger partial charge in [0.05, 0.1) is 11.0 Å². The lowest BCUT2D eigenvalue weighted by atomic mass is 9.98. The van der Waals surface area contributed by atoms with E-state index >= 15 is 0 Å². The maximum absolute atomic E-state index is 5.05. The van der Waals surface area contributed by atoms with Crippen LogP contribution in [-0.2, 0) is 0 Å². The Morgan fingerprint density at radius 3 is 1.64 bits per heavy atom. The van der Waals surface area contributed by atoms with Crippen LogP contribution in [0.15, 0.2) is 194 Å². The quantitative estimate of drug-likeness (QED) is 0.171. The summed E-state index contributed by atoms with van der Waals surface area (Å²) in [6.45, 7) is 0. The topological polar surface area (TPSA) is 43.6 Å². The molecule has 0 unspecified atom stereocenters. The van der Waals surface area contributed by atoms with Crippen LogP contribution in [0.1, 0.15) is 0 Å². The summed E-state index contributed by atoms with van der Waals surface area (Å²) in [6.07, 6.45) is 0. The fraction of sp³-hybridized carbons (Fsp3) is 0. The minimum atomic E-state index is 0.640. The number of fused-ring (bicyclic) bond motifs is 6. The van der Waals surface area contributed by atoms with Crippen LogP contribution in [0.3, 0.4) is 0 Å². The average Bonchev–Trinajstić information content (AvgIpc) is 3.83. The highest BCUT2D eigenvalue weighted by molar-refractivity contribution is 7.26. The summed E-state index contributed by atoms with van der Waals surface area (Å²) in [7, 11) is 0. The number of thiophene rings is 1. The predicted molar refractivity (Wildman–Crippen MR) is 234 cm³/mol. The largest absolute Gasteiger partial charge is 0.309 e. The van der Waals surface area contributed by atoms with Gasteiger partial charge in [0.2, 0.25) is 0 Å². The lowest BCUT2D eigenvalue weighted by Gasteiger charge is -2.13. The molecule has 0 aliphatic heterocycles. The Kier molecular flexibility index (Phi) is 7.64. The van der Waals surface area contributed by atoms with Gasteiger partial charge in [0.15, 0.2) is 17.5 Å². The number of para-hydroxylation sites is 1. The second-order valence-electron chi connectivity index (χ2n) is 14.0. The molecular weight excluding hydrogens is 701 g/mol. The van der Waals surface area contributed by atoms with Gasteiger partial charge < -0.3 is 4.57 Å². The molecule has 262 valence electrons. The van der Waals surface area contributed by atoms with Crippen molar-refractivity contribution < 1.29 is 0 Å². The van der Waals surface area contributed by atoms with E-state index in [1.54, 1.807) is 0 Å². The van der Waals surface area contributed by atoms with Gasteiger partial charge in [-0.2, -0.15) is 0 Å². The summed E-state index contributed by atoms with van der Waals surface area (Å²) in [5.41, 5.74) is 10.9. The standard InChI is InChI=1S/C51H32N4S/c1-3-14-34(15-4-1)49-52-50(35-16-5-2-6-17-35)54-51(53-49)44-21-8-7-18-38(44)33-26-29-37(30-27-33)55-45-24-11-9-19-40(45)41-31-28-36(32-46(41)55)39-22-13-23-43-42-20-10-12-25-47(42)56-48(39)43/h1-32H. The van der Waals surface area contributed by atoms with E-state index in [-0.39, 0.29) is 0 Å². The molecular formula is C51H32N4S. The average molecular weight is 733 g/mol. The summed E-state index contributed by atoms with van der Waals surface area (Å²) in [5, 5.41) is 5.10. The summed E-state index contributed by atoms with van der Waals surface area (Å²) in [6, 6.07) is 68.6. The minimum absolute atomic E-state index is 0.640. The van der Waals surface area contributed by atoms with Gasteiger partial charge in [0.1, 0.15) is 0 Å². The van der Waals surface area contributed by atoms with Crippen molar-refractivity contribution in [1.29, 1.82) is 0 Å². The maximum atomic E-state index is 5.05. The molecule has 0 saturated carbocycles. The van der Waals surface area contributed by atoms with Gasteiger partial charge in [-0.25, -0.2) is 15.0 Å². The zero-order valence-corrected chi connectivity index (χ0v) is 31.0. The first kappa shape index (κ1) is 32.2. The number of hydrogen-bond acceptors (Lipinski definition) is 4. The Morgan fingerprint density at radius 2 is 0.893 bits per heavy atom. The lowest BCUT2D eigenvalue weighted by molar-refractivity contribution is 1.07. The summed E-state index contributed by atoms with van der Waals surface area (Å²) < 4.78 is 5.04. The van der Waals surface area contributed by atoms with Gasteiger partial charge in [-0.15, -0.1) is 11.3 Å². The van der Waals surface area contributed by atoms with E-state index in [9.17, 15) is 0 Å². The van der Waals surface area contributed by atoms with E-state index in [0.717, 1.165) is 33.5 Å². The Morgan fingerprint density at radius 1 is 0.339 bits per heavy atom. The van der Waals surface area contributed by atoms with E-state index in [1.165, 1.54) is 53.1 Å². The number of rotatable bonds is 6. The molecule has 3 aromatic heterocycles. The Labute approximate surface area is 327 Å². The van der Waals surface area contributed by atoms with Crippen LogP contribution >= 0.6 is 11.3 Å². The Balaban J connectivity index is 1.03. The molecule has 4 nitrogen and oxygen atoms in total. The van der Waals surface area contributed by atoms with Crippen molar-refractivity contribution in [2.24, 2.45) is 0 Å². The van der Waals surface area contributed by atoms with Crippen LogP contribution in [0, 0.1) is 0 Å². The molecule has 0 atom stereocenters. The van der Waals surface area contributed by atoms with Gasteiger partial charge in [-0.1, -0.05) is 164 Å². The molecule has 0 saturated heterocycles. The first-order valence-electron chi connectivity index (χ1n) is 18.8. The SMILES string of the molecule is c1ccc(-c2nc(-c3ccccc3)nc(-c3ccccc3-c3ccc(-n4c5ccccc5c5ccc(-c6cccc7c6sc6ccccc67)cc54)cc3)n2)cc1. The Bertz CT molecular complexity index is 3180. The first-order chi connectivity index (χ1) is 27.8. The zero-order valence-electron chi connectivity index (χ0n) is 30.2. The van der Waals surface area contributed by atoms with E-state index in [2.05, 4.69) is 138 Å². The van der Waals surface area contributed by atoms with Gasteiger partial charge in [-0.05, 0) is 52.6 Å². The van der Waals surface area contributed by atoms with Crippen molar-refractivity contribution in [3.8, 4) is 62.1 Å². The van der Waals surface area contributed by atoms with Crippen molar-refractivity contribution in [2.75, 3.05) is 0 Å². The highest BCUT2D eigenvalue weighted by atomic mass is 32.1. The normalized spacial score (nSPS) is 11.6. The smallest absolute Gasteiger partial charge is 0.164 e. The third-order valence-electron chi connectivity index (χ3n) is 10.7. The van der Waals surface area contributed by atoms with Crippen molar-refractivity contribution in [3.63, 3.8) is 0 Å². The minimum Gasteiger partial charge on any atom is -0.309 e. The number of benzene rings is 8. The van der Waals surface area contributed by atoms with Crippen LogP contribution < -0.4 is 0 Å². The van der Waals surface area contributed by atoms with Crippen LogP contribution in [0.4, 0.5) is 0 Å². The third-order valence-corrected chi connectivity index (χ3v) is 11.9. The van der Waals surface area contributed by atoms with Crippen LogP contribution in [-0.4, -0.2) is 19.5 Å². The van der Waals surface area contributed by atoms with Crippen LogP contribution in [0.25, 0.3) is 104 Å².